The van der Waals surface area contributed by atoms with Crippen molar-refractivity contribution in [2.24, 2.45) is 0 Å². The van der Waals surface area contributed by atoms with Crippen LogP contribution in [0.3, 0.4) is 0 Å². The van der Waals surface area contributed by atoms with Gasteiger partial charge in [0.15, 0.2) is 0 Å². The third kappa shape index (κ3) is 10.1. The molecule has 0 unspecified atom stereocenters. The third-order valence-corrected chi connectivity index (χ3v) is 2.08. The molecule has 12 heavy (non-hydrogen) atoms. The second kappa shape index (κ2) is 6.60. The molecule has 5 heteroatoms. The molecule has 0 aliphatic rings. The van der Waals surface area contributed by atoms with Gasteiger partial charge in [0, 0.05) is 5.75 Å². The van der Waals surface area contributed by atoms with Gasteiger partial charge in [0.25, 0.3) is 0 Å². The summed E-state index contributed by atoms with van der Waals surface area (Å²) in [6, 6.07) is 0. The third-order valence-electron chi connectivity index (χ3n) is 1.26. The standard InChI is InChI=1S/C7H14F3NS/c1-2-11-5-3-4-6-12-7(8,9)10/h11H,2-6H2,1H3. The summed E-state index contributed by atoms with van der Waals surface area (Å²) in [6.07, 6.45) is 1.44. The molecule has 1 nitrogen and oxygen atoms in total. The number of halogens is 3. The van der Waals surface area contributed by atoms with Gasteiger partial charge >= 0.3 is 5.51 Å². The Kier molecular flexibility index (Phi) is 6.65. The van der Waals surface area contributed by atoms with Gasteiger partial charge in [-0.2, -0.15) is 13.2 Å². The van der Waals surface area contributed by atoms with E-state index in [0.29, 0.717) is 6.42 Å². The summed E-state index contributed by atoms with van der Waals surface area (Å²) >= 11 is 0.0638. The molecule has 0 spiro atoms. The molecule has 0 radical (unpaired) electrons. The fourth-order valence-corrected chi connectivity index (χ4v) is 1.30. The Labute approximate surface area is 75.1 Å². The first kappa shape index (κ1) is 12.1. The number of unbranched alkanes of at least 4 members (excludes halogenated alkanes) is 1. The summed E-state index contributed by atoms with van der Waals surface area (Å²) in [6.45, 7) is 3.67. The van der Waals surface area contributed by atoms with Crippen LogP contribution < -0.4 is 5.32 Å². The summed E-state index contributed by atoms with van der Waals surface area (Å²) < 4.78 is 34.7. The zero-order valence-corrected chi connectivity index (χ0v) is 7.89. The van der Waals surface area contributed by atoms with Gasteiger partial charge in [-0.25, -0.2) is 0 Å². The van der Waals surface area contributed by atoms with Crippen LogP contribution in [0.15, 0.2) is 0 Å². The van der Waals surface area contributed by atoms with Crippen LogP contribution >= 0.6 is 11.8 Å². The average Bonchev–Trinajstić information content (AvgIpc) is 1.94. The van der Waals surface area contributed by atoms with E-state index in [1.165, 1.54) is 0 Å². The maximum atomic E-state index is 11.6. The topological polar surface area (TPSA) is 12.0 Å². The van der Waals surface area contributed by atoms with E-state index in [9.17, 15) is 13.2 Å². The van der Waals surface area contributed by atoms with E-state index >= 15 is 0 Å². The zero-order valence-electron chi connectivity index (χ0n) is 7.08. The number of hydrogen-bond acceptors (Lipinski definition) is 2. The van der Waals surface area contributed by atoms with Crippen molar-refractivity contribution in [3.63, 3.8) is 0 Å². The fourth-order valence-electron chi connectivity index (χ4n) is 0.717. The highest BCUT2D eigenvalue weighted by Gasteiger charge is 2.27. The molecular weight excluding hydrogens is 187 g/mol. The molecule has 0 aliphatic carbocycles. The normalized spacial score (nSPS) is 12.0. The van der Waals surface area contributed by atoms with E-state index in [0.717, 1.165) is 19.5 Å². The highest BCUT2D eigenvalue weighted by Crippen LogP contribution is 2.30. The Balaban J connectivity index is 3.01. The van der Waals surface area contributed by atoms with E-state index in [2.05, 4.69) is 5.32 Å². The monoisotopic (exact) mass is 201 g/mol. The number of alkyl halides is 3. The Morgan fingerprint density at radius 2 is 1.92 bits per heavy atom. The SMILES string of the molecule is CCNCCCCSC(F)(F)F. The molecule has 0 heterocycles. The van der Waals surface area contributed by atoms with Crippen molar-refractivity contribution < 1.29 is 13.2 Å². The second-order valence-electron chi connectivity index (χ2n) is 2.35. The van der Waals surface area contributed by atoms with Crippen molar-refractivity contribution in [3.05, 3.63) is 0 Å². The Hall–Kier alpha value is 0.100. The molecule has 0 amide bonds. The summed E-state index contributed by atoms with van der Waals surface area (Å²) in [5.41, 5.74) is -4.06. The summed E-state index contributed by atoms with van der Waals surface area (Å²) in [7, 11) is 0. The van der Waals surface area contributed by atoms with Gasteiger partial charge in [0.2, 0.25) is 0 Å². The molecule has 0 aliphatic heterocycles. The first-order valence-electron chi connectivity index (χ1n) is 3.97. The highest BCUT2D eigenvalue weighted by molar-refractivity contribution is 8.00. The molecule has 74 valence electrons. The van der Waals surface area contributed by atoms with Gasteiger partial charge in [0.1, 0.15) is 0 Å². The van der Waals surface area contributed by atoms with E-state index in [1.807, 2.05) is 6.92 Å². The van der Waals surface area contributed by atoms with Gasteiger partial charge < -0.3 is 5.32 Å². The smallest absolute Gasteiger partial charge is 0.317 e. The lowest BCUT2D eigenvalue weighted by molar-refractivity contribution is -0.0328. The van der Waals surface area contributed by atoms with E-state index in [-0.39, 0.29) is 17.5 Å². The van der Waals surface area contributed by atoms with Crippen LogP contribution in [0.5, 0.6) is 0 Å². The van der Waals surface area contributed by atoms with Crippen molar-refractivity contribution in [1.29, 1.82) is 0 Å². The maximum Gasteiger partial charge on any atom is 0.441 e. The lowest BCUT2D eigenvalue weighted by Crippen LogP contribution is -2.14. The zero-order chi connectivity index (χ0) is 9.45. The summed E-state index contributed by atoms with van der Waals surface area (Å²) in [4.78, 5) is 0. The van der Waals surface area contributed by atoms with Gasteiger partial charge in [-0.3, -0.25) is 0 Å². The Morgan fingerprint density at radius 1 is 1.25 bits per heavy atom. The summed E-state index contributed by atoms with van der Waals surface area (Å²) in [5.74, 6) is 0.175. The van der Waals surface area contributed by atoms with Crippen molar-refractivity contribution in [1.82, 2.24) is 5.32 Å². The van der Waals surface area contributed by atoms with Gasteiger partial charge in [-0.05, 0) is 25.9 Å². The Bertz CT molecular complexity index is 105. The number of hydrogen-bond donors (Lipinski definition) is 1. The van der Waals surface area contributed by atoms with Crippen molar-refractivity contribution in [3.8, 4) is 0 Å². The first-order chi connectivity index (χ1) is 5.56. The molecule has 0 rings (SSSR count). The molecule has 0 atom stereocenters. The van der Waals surface area contributed by atoms with Gasteiger partial charge in [-0.15, -0.1) is 0 Å². The number of nitrogens with one attached hydrogen (secondary N) is 1. The van der Waals surface area contributed by atoms with E-state index in [1.54, 1.807) is 0 Å². The molecular formula is C7H14F3NS. The molecule has 0 aromatic rings. The number of rotatable bonds is 6. The second-order valence-corrected chi connectivity index (χ2v) is 3.51. The van der Waals surface area contributed by atoms with Crippen LogP contribution in [0, 0.1) is 0 Å². The largest absolute Gasteiger partial charge is 0.441 e. The van der Waals surface area contributed by atoms with E-state index < -0.39 is 5.51 Å². The lowest BCUT2D eigenvalue weighted by atomic mass is 10.3. The number of thioether (sulfide) groups is 1. The van der Waals surface area contributed by atoms with Crippen LogP contribution in [-0.4, -0.2) is 24.4 Å². The minimum absolute atomic E-state index is 0.0638. The molecule has 0 bridgehead atoms. The van der Waals surface area contributed by atoms with E-state index in [4.69, 9.17) is 0 Å². The fraction of sp³-hybridized carbons (Fsp3) is 1.00. The molecule has 0 aromatic heterocycles. The molecule has 0 saturated heterocycles. The highest BCUT2D eigenvalue weighted by atomic mass is 32.2. The van der Waals surface area contributed by atoms with Crippen molar-refractivity contribution >= 4 is 11.8 Å². The lowest BCUT2D eigenvalue weighted by Gasteiger charge is -2.04. The minimum Gasteiger partial charge on any atom is -0.317 e. The summed E-state index contributed by atoms with van der Waals surface area (Å²) in [5, 5.41) is 3.06. The minimum atomic E-state index is -4.06. The molecule has 0 aromatic carbocycles. The molecule has 0 fully saturated rings. The van der Waals surface area contributed by atoms with Crippen LogP contribution in [0.2, 0.25) is 0 Å². The van der Waals surface area contributed by atoms with Crippen LogP contribution in [-0.2, 0) is 0 Å². The maximum absolute atomic E-state index is 11.6. The molecule has 1 N–H and O–H groups in total. The predicted molar refractivity (Wildman–Crippen MR) is 46.3 cm³/mol. The van der Waals surface area contributed by atoms with Crippen molar-refractivity contribution in [2.45, 2.75) is 25.3 Å². The predicted octanol–water partition coefficient (Wildman–Crippen LogP) is 2.63. The first-order valence-corrected chi connectivity index (χ1v) is 4.96. The Morgan fingerprint density at radius 3 is 2.42 bits per heavy atom. The van der Waals surface area contributed by atoms with Gasteiger partial charge in [-0.1, -0.05) is 18.7 Å². The van der Waals surface area contributed by atoms with Gasteiger partial charge in [0.05, 0.1) is 0 Å². The van der Waals surface area contributed by atoms with Crippen LogP contribution in [0.1, 0.15) is 19.8 Å². The average molecular weight is 201 g/mol. The van der Waals surface area contributed by atoms with Crippen LogP contribution in [0.4, 0.5) is 13.2 Å². The quantitative estimate of drug-likeness (QED) is 0.663. The van der Waals surface area contributed by atoms with Crippen LogP contribution in [0.25, 0.3) is 0 Å². The van der Waals surface area contributed by atoms with Crippen molar-refractivity contribution in [2.75, 3.05) is 18.8 Å². The molecule has 0 saturated carbocycles.